The summed E-state index contributed by atoms with van der Waals surface area (Å²) in [5.74, 6) is -7.50. The number of ketones is 2. The molecule has 0 heterocycles. The van der Waals surface area contributed by atoms with Crippen LogP contribution in [0.2, 0.25) is 0 Å². The van der Waals surface area contributed by atoms with Gasteiger partial charge in [0.25, 0.3) is 0 Å². The van der Waals surface area contributed by atoms with Gasteiger partial charge in [0.1, 0.15) is 49.1 Å². The van der Waals surface area contributed by atoms with E-state index in [9.17, 15) is 53.7 Å². The van der Waals surface area contributed by atoms with Crippen molar-refractivity contribution in [2.75, 3.05) is 26.4 Å². The van der Waals surface area contributed by atoms with E-state index in [-0.39, 0.29) is 54.2 Å². The molecule has 18 heteroatoms. The molecule has 4 aromatic carbocycles. The molecule has 4 rings (SSSR count). The van der Waals surface area contributed by atoms with Crippen LogP contribution in [0.25, 0.3) is 0 Å². The smallest absolute Gasteiger partial charge is 0.339 e. The second-order valence-electron chi connectivity index (χ2n) is 13.5. The highest BCUT2D eigenvalue weighted by molar-refractivity contribution is 6.06. The van der Waals surface area contributed by atoms with Crippen LogP contribution in [0, 0.1) is 0 Å². The number of benzene rings is 4. The van der Waals surface area contributed by atoms with Crippen LogP contribution in [0.15, 0.2) is 84.9 Å². The summed E-state index contributed by atoms with van der Waals surface area (Å²) in [7, 11) is 0. The lowest BCUT2D eigenvalue weighted by atomic mass is 9.97. The third-order valence-electron chi connectivity index (χ3n) is 7.95. The third-order valence-corrected chi connectivity index (χ3v) is 7.95. The molecule has 18 nitrogen and oxygen atoms in total. The molecule has 60 heavy (non-hydrogen) atoms. The van der Waals surface area contributed by atoms with Crippen molar-refractivity contribution < 1.29 is 87.9 Å². The van der Waals surface area contributed by atoms with Crippen LogP contribution in [-0.4, -0.2) is 116 Å². The SMILES string of the molecule is CC(C)(O)C(=O)c1ccc(OCCOC(=O)c2cc(C(=O)O)ccc2C(=O)O)cc1.CC(C)(O)C(=O)c1ccc(OCCOC(=O)c2ccc(C(=O)O)cc2C(=O)O)cc1. The first kappa shape index (κ1) is 46.9. The topological polar surface area (TPSA) is 295 Å². The van der Waals surface area contributed by atoms with Gasteiger partial charge in [-0.2, -0.15) is 0 Å². The highest BCUT2D eigenvalue weighted by atomic mass is 16.6. The number of rotatable bonds is 18. The maximum absolute atomic E-state index is 12.2. The van der Waals surface area contributed by atoms with Crippen molar-refractivity contribution in [2.24, 2.45) is 0 Å². The van der Waals surface area contributed by atoms with E-state index in [1.54, 1.807) is 0 Å². The van der Waals surface area contributed by atoms with Crippen molar-refractivity contribution in [3.8, 4) is 11.5 Å². The second kappa shape index (κ2) is 20.3. The van der Waals surface area contributed by atoms with Gasteiger partial charge in [-0.05, 0) is 113 Å². The Hall–Kier alpha value is -7.44. The van der Waals surface area contributed by atoms with Crippen molar-refractivity contribution in [3.05, 3.63) is 129 Å². The number of hydrogen-bond donors (Lipinski definition) is 6. The predicted octanol–water partition coefficient (Wildman–Crippen LogP) is 4.54. The lowest BCUT2D eigenvalue weighted by Crippen LogP contribution is -2.30. The van der Waals surface area contributed by atoms with Crippen molar-refractivity contribution in [1.29, 1.82) is 0 Å². The first-order valence-corrected chi connectivity index (χ1v) is 17.6. The van der Waals surface area contributed by atoms with Gasteiger partial charge in [-0.3, -0.25) is 9.59 Å². The van der Waals surface area contributed by atoms with Crippen molar-refractivity contribution >= 4 is 47.4 Å². The average molecular weight is 833 g/mol. The lowest BCUT2D eigenvalue weighted by Gasteiger charge is -2.15. The molecule has 0 aliphatic carbocycles. The summed E-state index contributed by atoms with van der Waals surface area (Å²) in [6, 6.07) is 18.1. The Morgan fingerprint density at radius 3 is 1.10 bits per heavy atom. The first-order valence-electron chi connectivity index (χ1n) is 17.6. The fourth-order valence-corrected chi connectivity index (χ4v) is 4.92. The molecule has 0 aliphatic heterocycles. The molecule has 0 aliphatic rings. The van der Waals surface area contributed by atoms with Gasteiger partial charge >= 0.3 is 35.8 Å². The van der Waals surface area contributed by atoms with Crippen LogP contribution in [-0.2, 0) is 9.47 Å². The summed E-state index contributed by atoms with van der Waals surface area (Å²) in [6.07, 6.45) is 0. The van der Waals surface area contributed by atoms with Gasteiger partial charge in [-0.25, -0.2) is 28.8 Å². The number of Topliss-reactive ketones (excluding diaryl/α,β-unsaturated/α-hetero) is 2. The maximum Gasteiger partial charge on any atom is 0.339 e. The fourth-order valence-electron chi connectivity index (χ4n) is 4.92. The normalized spacial score (nSPS) is 10.9. The van der Waals surface area contributed by atoms with Crippen molar-refractivity contribution in [3.63, 3.8) is 0 Å². The van der Waals surface area contributed by atoms with Gasteiger partial charge in [0.2, 0.25) is 0 Å². The monoisotopic (exact) mass is 832 g/mol. The van der Waals surface area contributed by atoms with Gasteiger partial charge in [0, 0.05) is 11.1 Å². The van der Waals surface area contributed by atoms with Crippen molar-refractivity contribution in [2.45, 2.75) is 38.9 Å². The minimum Gasteiger partial charge on any atom is -0.490 e. The summed E-state index contributed by atoms with van der Waals surface area (Å²) >= 11 is 0. The molecular formula is C42H40O18. The maximum atomic E-state index is 12.2. The van der Waals surface area contributed by atoms with E-state index < -0.39 is 64.1 Å². The molecular weight excluding hydrogens is 792 g/mol. The molecule has 4 aromatic rings. The van der Waals surface area contributed by atoms with Gasteiger partial charge in [-0.15, -0.1) is 0 Å². The number of esters is 2. The second-order valence-corrected chi connectivity index (χ2v) is 13.5. The summed E-state index contributed by atoms with van der Waals surface area (Å²) in [5.41, 5.74) is -4.39. The molecule has 0 amide bonds. The molecule has 6 N–H and O–H groups in total. The first-order chi connectivity index (χ1) is 28.0. The van der Waals surface area contributed by atoms with E-state index in [1.807, 2.05) is 0 Å². The molecule has 316 valence electrons. The van der Waals surface area contributed by atoms with E-state index in [0.717, 1.165) is 36.4 Å². The Labute approximate surface area is 341 Å². The van der Waals surface area contributed by atoms with Gasteiger partial charge in [-0.1, -0.05) is 0 Å². The number of aromatic carboxylic acids is 4. The van der Waals surface area contributed by atoms with Crippen molar-refractivity contribution in [1.82, 2.24) is 0 Å². The molecule has 0 aromatic heterocycles. The Morgan fingerprint density at radius 2 is 0.750 bits per heavy atom. The van der Waals surface area contributed by atoms with E-state index in [1.165, 1.54) is 76.2 Å². The third kappa shape index (κ3) is 13.3. The Bertz CT molecular complexity index is 2260. The van der Waals surface area contributed by atoms with Gasteiger partial charge < -0.3 is 49.6 Å². The Morgan fingerprint density at radius 1 is 0.417 bits per heavy atom. The van der Waals surface area contributed by atoms with E-state index in [2.05, 4.69) is 0 Å². The minimum absolute atomic E-state index is 0.0415. The minimum atomic E-state index is -1.50. The molecule has 0 spiro atoms. The molecule has 0 saturated carbocycles. The van der Waals surface area contributed by atoms with Crippen LogP contribution in [0.3, 0.4) is 0 Å². The van der Waals surface area contributed by atoms with Crippen LogP contribution < -0.4 is 9.47 Å². The number of ether oxygens (including phenoxy) is 4. The molecule has 0 fully saturated rings. The molecule has 0 saturated heterocycles. The molecule has 0 unspecified atom stereocenters. The zero-order valence-electron chi connectivity index (χ0n) is 32.5. The van der Waals surface area contributed by atoms with E-state index >= 15 is 0 Å². The number of carbonyl (C=O) groups is 8. The predicted molar refractivity (Wildman–Crippen MR) is 206 cm³/mol. The van der Waals surface area contributed by atoms with E-state index in [0.29, 0.717) is 22.6 Å². The lowest BCUT2D eigenvalue weighted by molar-refractivity contribution is 0.0437. The van der Waals surface area contributed by atoms with Crippen LogP contribution in [0.1, 0.15) is 111 Å². The van der Waals surface area contributed by atoms with Gasteiger partial charge in [0.05, 0.1) is 33.4 Å². The number of carbonyl (C=O) groups excluding carboxylic acids is 4. The van der Waals surface area contributed by atoms with E-state index in [4.69, 9.17) is 34.3 Å². The van der Waals surface area contributed by atoms with Gasteiger partial charge in [0.15, 0.2) is 11.6 Å². The van der Waals surface area contributed by atoms with Crippen LogP contribution in [0.4, 0.5) is 0 Å². The fraction of sp³-hybridized carbons (Fsp3) is 0.238. The largest absolute Gasteiger partial charge is 0.490 e. The number of carboxylic acid groups (broad SMARTS) is 4. The average Bonchev–Trinajstić information content (AvgIpc) is 3.19. The number of hydrogen-bond acceptors (Lipinski definition) is 14. The summed E-state index contributed by atoms with van der Waals surface area (Å²) in [4.78, 5) is 92.7. The number of carboxylic acids is 4. The molecule has 0 atom stereocenters. The Kier molecular flexibility index (Phi) is 15.9. The quantitative estimate of drug-likeness (QED) is 0.0455. The zero-order valence-corrected chi connectivity index (χ0v) is 32.5. The van der Waals surface area contributed by atoms with Crippen LogP contribution in [0.5, 0.6) is 11.5 Å². The molecule has 0 radical (unpaired) electrons. The summed E-state index contributed by atoms with van der Waals surface area (Å²) in [5, 5.41) is 55.7. The standard InChI is InChI=1S/2C21H20O9/c1-21(2,28)17(22)12-3-6-14(7-4-12)29-9-10-30-20(27)15-8-5-13(18(23)24)11-16(15)19(25)26;1-21(2,28)17(22)12-3-6-14(7-4-12)29-9-10-30-20(27)16-11-13(18(23)24)5-8-15(16)19(25)26/h2*3-8,11,28H,9-10H2,1-2H3,(H,23,24)(H,25,26). The summed E-state index contributed by atoms with van der Waals surface area (Å²) < 4.78 is 20.7. The number of aliphatic hydroxyl groups is 2. The zero-order chi connectivity index (χ0) is 44.9. The highest BCUT2D eigenvalue weighted by Crippen LogP contribution is 2.20. The molecule has 0 bridgehead atoms. The Balaban J connectivity index is 0.000000320. The highest BCUT2D eigenvalue weighted by Gasteiger charge is 2.26. The summed E-state index contributed by atoms with van der Waals surface area (Å²) in [6.45, 7) is 5.03. The van der Waals surface area contributed by atoms with Crippen LogP contribution >= 0.6 is 0 Å².